The Balaban J connectivity index is 2.61. The Morgan fingerprint density at radius 1 is 1.54 bits per heavy atom. The molecular weight excluding hydrogens is 170 g/mol. The van der Waals surface area contributed by atoms with E-state index in [1.165, 1.54) is 0 Å². The average Bonchev–Trinajstić information content (AvgIpc) is 2.61. The van der Waals surface area contributed by atoms with Crippen molar-refractivity contribution in [2.24, 2.45) is 5.73 Å². The van der Waals surface area contributed by atoms with Gasteiger partial charge in [-0.15, -0.1) is 0 Å². The fourth-order valence-electron chi connectivity index (χ4n) is 1.10. The number of imidazole rings is 1. The van der Waals surface area contributed by atoms with Gasteiger partial charge < -0.3 is 19.8 Å². The highest BCUT2D eigenvalue weighted by Crippen LogP contribution is 2.01. The average molecular weight is 185 g/mol. The van der Waals surface area contributed by atoms with Gasteiger partial charge in [-0.1, -0.05) is 0 Å². The second-order valence-corrected chi connectivity index (χ2v) is 2.60. The van der Waals surface area contributed by atoms with Crippen LogP contribution in [0.4, 0.5) is 0 Å². The Labute approximate surface area is 77.5 Å². The molecule has 13 heavy (non-hydrogen) atoms. The summed E-state index contributed by atoms with van der Waals surface area (Å²) in [5.74, 6) is 0.833. The first-order valence-electron chi connectivity index (χ1n) is 4.07. The van der Waals surface area contributed by atoms with Crippen molar-refractivity contribution in [3.8, 4) is 0 Å². The maximum atomic E-state index is 5.49. The molecule has 1 aromatic heterocycles. The molecule has 0 aromatic carbocycles. The van der Waals surface area contributed by atoms with E-state index in [2.05, 4.69) is 4.98 Å². The highest BCUT2D eigenvalue weighted by atomic mass is 16.7. The van der Waals surface area contributed by atoms with Gasteiger partial charge in [0.25, 0.3) is 0 Å². The minimum atomic E-state index is -0.250. The molecule has 5 heteroatoms. The van der Waals surface area contributed by atoms with Crippen molar-refractivity contribution in [3.63, 3.8) is 0 Å². The van der Waals surface area contributed by atoms with E-state index in [1.54, 1.807) is 20.4 Å². The lowest BCUT2D eigenvalue weighted by Gasteiger charge is -2.14. The molecule has 0 saturated carbocycles. The van der Waals surface area contributed by atoms with Crippen LogP contribution >= 0.6 is 0 Å². The number of nitrogens with two attached hydrogens (primary N) is 1. The SMILES string of the molecule is COC(Cn1ccnc1CN)OC. The van der Waals surface area contributed by atoms with Crippen molar-refractivity contribution in [1.82, 2.24) is 9.55 Å². The van der Waals surface area contributed by atoms with Crippen LogP contribution in [0.5, 0.6) is 0 Å². The molecular formula is C8H15N3O2. The molecule has 0 saturated heterocycles. The zero-order chi connectivity index (χ0) is 9.68. The predicted octanol–water partition coefficient (Wildman–Crippen LogP) is -0.0393. The molecule has 1 heterocycles. The number of hydrogen-bond acceptors (Lipinski definition) is 4. The first-order valence-corrected chi connectivity index (χ1v) is 4.07. The zero-order valence-electron chi connectivity index (χ0n) is 7.93. The number of ether oxygens (including phenoxy) is 2. The second kappa shape index (κ2) is 4.96. The van der Waals surface area contributed by atoms with E-state index >= 15 is 0 Å². The van der Waals surface area contributed by atoms with Gasteiger partial charge >= 0.3 is 0 Å². The molecule has 0 unspecified atom stereocenters. The maximum Gasteiger partial charge on any atom is 0.174 e. The van der Waals surface area contributed by atoms with Crippen LogP contribution in [0.2, 0.25) is 0 Å². The van der Waals surface area contributed by atoms with Crippen LogP contribution in [0.25, 0.3) is 0 Å². The second-order valence-electron chi connectivity index (χ2n) is 2.60. The summed E-state index contributed by atoms with van der Waals surface area (Å²) in [4.78, 5) is 4.08. The molecule has 0 aliphatic rings. The Kier molecular flexibility index (Phi) is 3.88. The molecule has 0 bridgehead atoms. The maximum absolute atomic E-state index is 5.49. The number of hydrogen-bond donors (Lipinski definition) is 1. The van der Waals surface area contributed by atoms with E-state index in [0.717, 1.165) is 5.82 Å². The van der Waals surface area contributed by atoms with E-state index in [0.29, 0.717) is 13.1 Å². The third kappa shape index (κ3) is 2.51. The number of methoxy groups -OCH3 is 2. The molecule has 0 aliphatic carbocycles. The predicted molar refractivity (Wildman–Crippen MR) is 47.9 cm³/mol. The van der Waals surface area contributed by atoms with Crippen LogP contribution in [-0.2, 0) is 22.6 Å². The van der Waals surface area contributed by atoms with Crippen LogP contribution in [0.3, 0.4) is 0 Å². The van der Waals surface area contributed by atoms with Gasteiger partial charge in [-0.2, -0.15) is 0 Å². The van der Waals surface area contributed by atoms with Crippen LogP contribution in [0, 0.1) is 0 Å². The molecule has 0 amide bonds. The summed E-state index contributed by atoms with van der Waals surface area (Å²) in [5, 5.41) is 0. The van der Waals surface area contributed by atoms with Crippen LogP contribution in [0.1, 0.15) is 5.82 Å². The molecule has 0 spiro atoms. The first-order chi connectivity index (χ1) is 6.31. The summed E-state index contributed by atoms with van der Waals surface area (Å²) in [5.41, 5.74) is 5.49. The van der Waals surface area contributed by atoms with Crippen molar-refractivity contribution in [3.05, 3.63) is 18.2 Å². The lowest BCUT2D eigenvalue weighted by molar-refractivity contribution is -0.111. The standard InChI is InChI=1S/C8H15N3O2/c1-12-8(13-2)6-11-4-3-10-7(11)5-9/h3-4,8H,5-6,9H2,1-2H3. The van der Waals surface area contributed by atoms with E-state index in [1.807, 2.05) is 10.8 Å². The van der Waals surface area contributed by atoms with E-state index in [9.17, 15) is 0 Å². The van der Waals surface area contributed by atoms with E-state index < -0.39 is 0 Å². The van der Waals surface area contributed by atoms with Crippen molar-refractivity contribution >= 4 is 0 Å². The van der Waals surface area contributed by atoms with Gasteiger partial charge in [-0.25, -0.2) is 4.98 Å². The molecule has 74 valence electrons. The summed E-state index contributed by atoms with van der Waals surface area (Å²) in [7, 11) is 3.21. The van der Waals surface area contributed by atoms with Gasteiger partial charge in [0, 0.05) is 26.6 Å². The molecule has 1 rings (SSSR count). The number of aromatic nitrogens is 2. The first kappa shape index (κ1) is 10.2. The van der Waals surface area contributed by atoms with E-state index in [-0.39, 0.29) is 6.29 Å². The lowest BCUT2D eigenvalue weighted by atomic mass is 10.5. The largest absolute Gasteiger partial charge is 0.354 e. The van der Waals surface area contributed by atoms with E-state index in [4.69, 9.17) is 15.2 Å². The fraction of sp³-hybridized carbons (Fsp3) is 0.625. The van der Waals surface area contributed by atoms with Gasteiger partial charge in [-0.05, 0) is 0 Å². The highest BCUT2D eigenvalue weighted by Gasteiger charge is 2.08. The Hall–Kier alpha value is -0.910. The molecule has 0 fully saturated rings. The number of rotatable bonds is 5. The molecule has 0 radical (unpaired) electrons. The fourth-order valence-corrected chi connectivity index (χ4v) is 1.10. The van der Waals surface area contributed by atoms with Crippen LogP contribution in [0.15, 0.2) is 12.4 Å². The van der Waals surface area contributed by atoms with Gasteiger partial charge in [0.15, 0.2) is 6.29 Å². The smallest absolute Gasteiger partial charge is 0.174 e. The number of nitrogens with zero attached hydrogens (tertiary/aromatic N) is 2. The summed E-state index contributed by atoms with van der Waals surface area (Å²) in [6, 6.07) is 0. The van der Waals surface area contributed by atoms with Gasteiger partial charge in [-0.3, -0.25) is 0 Å². The van der Waals surface area contributed by atoms with Crippen molar-refractivity contribution in [2.75, 3.05) is 14.2 Å². The van der Waals surface area contributed by atoms with Crippen molar-refractivity contribution < 1.29 is 9.47 Å². The molecule has 1 aromatic rings. The normalized spacial score (nSPS) is 11.1. The van der Waals surface area contributed by atoms with Gasteiger partial charge in [0.2, 0.25) is 0 Å². The molecule has 5 nitrogen and oxygen atoms in total. The summed E-state index contributed by atoms with van der Waals surface area (Å²) < 4.78 is 12.0. The minimum Gasteiger partial charge on any atom is -0.354 e. The van der Waals surface area contributed by atoms with Crippen molar-refractivity contribution in [1.29, 1.82) is 0 Å². The molecule has 0 aliphatic heterocycles. The molecule has 2 N–H and O–H groups in total. The Morgan fingerprint density at radius 3 is 2.77 bits per heavy atom. The monoisotopic (exact) mass is 185 g/mol. The minimum absolute atomic E-state index is 0.250. The van der Waals surface area contributed by atoms with Crippen LogP contribution < -0.4 is 5.73 Å². The zero-order valence-corrected chi connectivity index (χ0v) is 7.93. The summed E-state index contributed by atoms with van der Waals surface area (Å²) >= 11 is 0. The summed E-state index contributed by atoms with van der Waals surface area (Å²) in [6.07, 6.45) is 3.32. The van der Waals surface area contributed by atoms with Gasteiger partial charge in [0.05, 0.1) is 13.1 Å². The van der Waals surface area contributed by atoms with Gasteiger partial charge in [0.1, 0.15) is 5.82 Å². The summed E-state index contributed by atoms with van der Waals surface area (Å²) in [6.45, 7) is 1.03. The Bertz CT molecular complexity index is 245. The quantitative estimate of drug-likeness (QED) is 0.654. The topological polar surface area (TPSA) is 62.3 Å². The lowest BCUT2D eigenvalue weighted by Crippen LogP contribution is -2.22. The third-order valence-corrected chi connectivity index (χ3v) is 1.86. The van der Waals surface area contributed by atoms with Crippen LogP contribution in [-0.4, -0.2) is 30.1 Å². The highest BCUT2D eigenvalue weighted by molar-refractivity contribution is 4.91. The molecule has 0 atom stereocenters. The van der Waals surface area contributed by atoms with Crippen molar-refractivity contribution in [2.45, 2.75) is 19.4 Å². The Morgan fingerprint density at radius 2 is 2.23 bits per heavy atom. The third-order valence-electron chi connectivity index (χ3n) is 1.86.